The average Bonchev–Trinajstić information content (AvgIpc) is 2.29. The van der Waals surface area contributed by atoms with Crippen LogP contribution in [0.25, 0.3) is 0 Å². The van der Waals surface area contributed by atoms with Crippen LogP contribution in [0.2, 0.25) is 0 Å². The zero-order chi connectivity index (χ0) is 12.7. The lowest BCUT2D eigenvalue weighted by Gasteiger charge is -2.04. The zero-order valence-electron chi connectivity index (χ0n) is 9.64. The van der Waals surface area contributed by atoms with Crippen molar-refractivity contribution in [2.24, 2.45) is 0 Å². The summed E-state index contributed by atoms with van der Waals surface area (Å²) < 4.78 is 0. The van der Waals surface area contributed by atoms with E-state index < -0.39 is 5.97 Å². The van der Waals surface area contributed by atoms with Gasteiger partial charge in [-0.3, -0.25) is 4.79 Å². The number of benzene rings is 1. The van der Waals surface area contributed by atoms with E-state index in [2.05, 4.69) is 5.32 Å². The molecule has 0 fully saturated rings. The quantitative estimate of drug-likeness (QED) is 0.755. The first kappa shape index (κ1) is 13.0. The molecule has 0 aliphatic carbocycles. The molecule has 0 radical (unpaired) electrons. The molecule has 0 aromatic heterocycles. The second-order valence-corrected chi connectivity index (χ2v) is 3.66. The molecule has 90 valence electrons. The summed E-state index contributed by atoms with van der Waals surface area (Å²) in [5.41, 5.74) is 1.33. The van der Waals surface area contributed by atoms with E-state index in [1.807, 2.05) is 30.3 Å². The number of rotatable bonds is 5. The molecular formula is C13H15NO3. The highest BCUT2D eigenvalue weighted by molar-refractivity contribution is 5.98. The normalized spacial score (nSPS) is 11.0. The molecule has 1 rings (SSSR count). The average molecular weight is 233 g/mol. The maximum atomic E-state index is 11.4. The van der Waals surface area contributed by atoms with E-state index in [4.69, 9.17) is 5.11 Å². The number of amides is 1. The van der Waals surface area contributed by atoms with Crippen LogP contribution in [0.3, 0.4) is 0 Å². The first-order valence-electron chi connectivity index (χ1n) is 5.33. The number of hydrogen-bond donors (Lipinski definition) is 2. The van der Waals surface area contributed by atoms with Crippen molar-refractivity contribution in [1.29, 1.82) is 0 Å². The van der Waals surface area contributed by atoms with Crippen molar-refractivity contribution in [3.8, 4) is 0 Å². The smallest absolute Gasteiger partial charge is 0.328 e. The van der Waals surface area contributed by atoms with Crippen LogP contribution in [0.4, 0.5) is 0 Å². The second-order valence-electron chi connectivity index (χ2n) is 3.66. The molecule has 0 saturated heterocycles. The predicted molar refractivity (Wildman–Crippen MR) is 64.5 cm³/mol. The summed E-state index contributed by atoms with van der Waals surface area (Å²) in [7, 11) is 0. The molecule has 0 aliphatic heterocycles. The number of hydrogen-bond acceptors (Lipinski definition) is 2. The molecule has 0 atom stereocenters. The van der Waals surface area contributed by atoms with Gasteiger partial charge in [0.2, 0.25) is 5.91 Å². The molecule has 0 spiro atoms. The molecule has 1 amide bonds. The van der Waals surface area contributed by atoms with Crippen molar-refractivity contribution in [2.45, 2.75) is 13.3 Å². The van der Waals surface area contributed by atoms with E-state index >= 15 is 0 Å². The van der Waals surface area contributed by atoms with Crippen LogP contribution in [0, 0.1) is 0 Å². The number of nitrogens with one attached hydrogen (secondary N) is 1. The molecule has 0 unspecified atom stereocenters. The second kappa shape index (κ2) is 6.48. The van der Waals surface area contributed by atoms with Crippen molar-refractivity contribution < 1.29 is 14.7 Å². The van der Waals surface area contributed by atoms with Crippen molar-refractivity contribution >= 4 is 11.9 Å². The SMILES string of the molecule is C/C(=C\C(=O)O)C(=O)NCCc1ccccc1. The minimum atomic E-state index is -1.11. The van der Waals surface area contributed by atoms with Crippen molar-refractivity contribution in [1.82, 2.24) is 5.32 Å². The summed E-state index contributed by atoms with van der Waals surface area (Å²) >= 11 is 0. The summed E-state index contributed by atoms with van der Waals surface area (Å²) in [6, 6.07) is 9.76. The Labute approximate surface area is 100.0 Å². The van der Waals surface area contributed by atoms with Crippen molar-refractivity contribution in [3.63, 3.8) is 0 Å². The summed E-state index contributed by atoms with van der Waals surface area (Å²) in [4.78, 5) is 21.8. The third kappa shape index (κ3) is 4.97. The molecule has 17 heavy (non-hydrogen) atoms. The Bertz CT molecular complexity index is 424. The van der Waals surface area contributed by atoms with Crippen LogP contribution < -0.4 is 5.32 Å². The zero-order valence-corrected chi connectivity index (χ0v) is 9.64. The van der Waals surface area contributed by atoms with Crippen LogP contribution in [0.5, 0.6) is 0 Å². The maximum Gasteiger partial charge on any atom is 0.328 e. The van der Waals surface area contributed by atoms with E-state index in [0.717, 1.165) is 18.1 Å². The molecule has 0 bridgehead atoms. The van der Waals surface area contributed by atoms with E-state index in [1.165, 1.54) is 6.92 Å². The largest absolute Gasteiger partial charge is 0.478 e. The molecule has 1 aromatic carbocycles. The van der Waals surface area contributed by atoms with Gasteiger partial charge in [0.15, 0.2) is 0 Å². The third-order valence-electron chi connectivity index (χ3n) is 2.24. The van der Waals surface area contributed by atoms with Crippen LogP contribution in [0.15, 0.2) is 42.0 Å². The molecule has 1 aromatic rings. The number of carbonyl (C=O) groups is 2. The fourth-order valence-corrected chi connectivity index (χ4v) is 1.36. The number of carbonyl (C=O) groups excluding carboxylic acids is 1. The summed E-state index contributed by atoms with van der Waals surface area (Å²) in [5.74, 6) is -1.45. The Kier molecular flexibility index (Phi) is 4.94. The van der Waals surface area contributed by atoms with E-state index in [-0.39, 0.29) is 11.5 Å². The number of aliphatic carboxylic acids is 1. The van der Waals surface area contributed by atoms with Crippen LogP contribution >= 0.6 is 0 Å². The highest BCUT2D eigenvalue weighted by Gasteiger charge is 2.04. The van der Waals surface area contributed by atoms with Gasteiger partial charge in [-0.25, -0.2) is 4.79 Å². The highest BCUT2D eigenvalue weighted by atomic mass is 16.4. The van der Waals surface area contributed by atoms with Gasteiger partial charge in [0.25, 0.3) is 0 Å². The van der Waals surface area contributed by atoms with Crippen LogP contribution in [-0.4, -0.2) is 23.5 Å². The van der Waals surface area contributed by atoms with E-state index in [9.17, 15) is 9.59 Å². The maximum absolute atomic E-state index is 11.4. The van der Waals surface area contributed by atoms with Gasteiger partial charge in [0.05, 0.1) is 0 Å². The lowest BCUT2D eigenvalue weighted by atomic mass is 10.1. The number of carboxylic acids is 1. The van der Waals surface area contributed by atoms with Gasteiger partial charge >= 0.3 is 5.97 Å². The Morgan fingerprint density at radius 1 is 1.29 bits per heavy atom. The van der Waals surface area contributed by atoms with Gasteiger partial charge in [-0.1, -0.05) is 30.3 Å². The molecular weight excluding hydrogens is 218 g/mol. The molecule has 0 saturated carbocycles. The number of carboxylic acid groups (broad SMARTS) is 1. The third-order valence-corrected chi connectivity index (χ3v) is 2.24. The summed E-state index contributed by atoms with van der Waals surface area (Å²) in [6.45, 7) is 1.97. The van der Waals surface area contributed by atoms with Crippen molar-refractivity contribution in [3.05, 3.63) is 47.5 Å². The molecule has 4 heteroatoms. The monoisotopic (exact) mass is 233 g/mol. The van der Waals surface area contributed by atoms with E-state index in [1.54, 1.807) is 0 Å². The molecule has 4 nitrogen and oxygen atoms in total. The van der Waals surface area contributed by atoms with Gasteiger partial charge in [-0.2, -0.15) is 0 Å². The van der Waals surface area contributed by atoms with Gasteiger partial charge in [0, 0.05) is 18.2 Å². The fourth-order valence-electron chi connectivity index (χ4n) is 1.36. The van der Waals surface area contributed by atoms with Gasteiger partial charge < -0.3 is 10.4 Å². The predicted octanol–water partition coefficient (Wildman–Crippen LogP) is 1.38. The minimum Gasteiger partial charge on any atom is -0.478 e. The van der Waals surface area contributed by atoms with Gasteiger partial charge in [-0.05, 0) is 18.9 Å². The lowest BCUT2D eigenvalue weighted by molar-refractivity contribution is -0.131. The standard InChI is InChI=1S/C13H15NO3/c1-10(9-12(15)16)13(17)14-8-7-11-5-3-2-4-6-11/h2-6,9H,7-8H2,1H3,(H,14,17)(H,15,16)/b10-9+. The van der Waals surface area contributed by atoms with Crippen LogP contribution in [-0.2, 0) is 16.0 Å². The van der Waals surface area contributed by atoms with Gasteiger partial charge in [0.1, 0.15) is 0 Å². The topological polar surface area (TPSA) is 66.4 Å². The first-order valence-corrected chi connectivity index (χ1v) is 5.33. The Morgan fingerprint density at radius 3 is 2.53 bits per heavy atom. The Morgan fingerprint density at radius 2 is 1.94 bits per heavy atom. The Hall–Kier alpha value is -2.10. The first-order chi connectivity index (χ1) is 8.09. The Balaban J connectivity index is 2.37. The van der Waals surface area contributed by atoms with E-state index in [0.29, 0.717) is 6.54 Å². The fraction of sp³-hybridized carbons (Fsp3) is 0.231. The lowest BCUT2D eigenvalue weighted by Crippen LogP contribution is -2.26. The van der Waals surface area contributed by atoms with Crippen molar-refractivity contribution in [2.75, 3.05) is 6.54 Å². The summed E-state index contributed by atoms with van der Waals surface area (Å²) in [5, 5.41) is 11.1. The van der Waals surface area contributed by atoms with Crippen LogP contribution in [0.1, 0.15) is 12.5 Å². The minimum absolute atomic E-state index is 0.200. The van der Waals surface area contributed by atoms with Gasteiger partial charge in [-0.15, -0.1) is 0 Å². The molecule has 0 heterocycles. The summed E-state index contributed by atoms with van der Waals surface area (Å²) in [6.07, 6.45) is 1.63. The highest BCUT2D eigenvalue weighted by Crippen LogP contribution is 1.99. The molecule has 2 N–H and O–H groups in total. The molecule has 0 aliphatic rings.